The Morgan fingerprint density at radius 2 is 2.32 bits per heavy atom. The molecular formula is C14H24N4O. The summed E-state index contributed by atoms with van der Waals surface area (Å²) in [4.78, 5) is 11.3. The average Bonchev–Trinajstić information content (AvgIpc) is 2.37. The van der Waals surface area contributed by atoms with E-state index in [1.54, 1.807) is 0 Å². The smallest absolute Gasteiger partial charge is 0.225 e. The second kappa shape index (κ2) is 6.30. The van der Waals surface area contributed by atoms with Crippen LogP contribution in [-0.2, 0) is 11.3 Å². The van der Waals surface area contributed by atoms with Crippen LogP contribution in [0.2, 0.25) is 0 Å². The first-order chi connectivity index (χ1) is 9.06. The topological polar surface area (TPSA) is 50.3 Å². The largest absolute Gasteiger partial charge is 0.375 e. The molecule has 106 valence electrons. The number of anilines is 1. The van der Waals surface area contributed by atoms with Gasteiger partial charge in [0.2, 0.25) is 5.95 Å². The summed E-state index contributed by atoms with van der Waals surface area (Å²) >= 11 is 0. The maximum Gasteiger partial charge on any atom is 0.225 e. The van der Waals surface area contributed by atoms with Gasteiger partial charge in [-0.2, -0.15) is 0 Å². The van der Waals surface area contributed by atoms with E-state index in [-0.39, 0.29) is 6.10 Å². The molecule has 0 aromatic carbocycles. The van der Waals surface area contributed by atoms with Crippen LogP contribution in [0.1, 0.15) is 32.0 Å². The molecule has 0 amide bonds. The molecule has 1 aliphatic rings. The average molecular weight is 264 g/mol. The Bertz CT molecular complexity index is 422. The molecule has 5 heteroatoms. The number of morpholine rings is 1. The Labute approximate surface area is 115 Å². The van der Waals surface area contributed by atoms with Gasteiger partial charge in [-0.1, -0.05) is 13.8 Å². The Balaban J connectivity index is 2.05. The molecule has 1 aromatic rings. The first kappa shape index (κ1) is 14.2. The number of nitrogens with one attached hydrogen (secondary N) is 1. The maximum atomic E-state index is 5.54. The van der Waals surface area contributed by atoms with Crippen LogP contribution >= 0.6 is 0 Å². The molecule has 1 atom stereocenters. The van der Waals surface area contributed by atoms with E-state index >= 15 is 0 Å². The second-order valence-electron chi connectivity index (χ2n) is 5.44. The molecule has 0 spiro atoms. The number of nitrogens with zero attached hydrogens (tertiary/aromatic N) is 3. The van der Waals surface area contributed by atoms with Crippen LogP contribution in [-0.4, -0.2) is 41.8 Å². The molecule has 1 fully saturated rings. The Morgan fingerprint density at radius 3 is 2.95 bits per heavy atom. The van der Waals surface area contributed by atoms with Crippen LogP contribution in [0.3, 0.4) is 0 Å². The maximum absolute atomic E-state index is 5.54. The SMILES string of the molecule is Cc1nc(N2CCOC(C)C2)ncc1CNC(C)C. The van der Waals surface area contributed by atoms with Crippen molar-refractivity contribution < 1.29 is 4.74 Å². The molecule has 1 unspecified atom stereocenters. The third-order valence-electron chi connectivity index (χ3n) is 3.29. The molecule has 1 aromatic heterocycles. The first-order valence-electron chi connectivity index (χ1n) is 6.98. The summed E-state index contributed by atoms with van der Waals surface area (Å²) in [5, 5.41) is 3.40. The van der Waals surface area contributed by atoms with Crippen molar-refractivity contribution in [3.63, 3.8) is 0 Å². The van der Waals surface area contributed by atoms with Gasteiger partial charge in [-0.15, -0.1) is 0 Å². The Kier molecular flexibility index (Phi) is 4.71. The number of aryl methyl sites for hydroxylation is 1. The molecular weight excluding hydrogens is 240 g/mol. The summed E-state index contributed by atoms with van der Waals surface area (Å²) in [6.45, 7) is 11.7. The molecule has 0 saturated carbocycles. The number of hydrogen-bond donors (Lipinski definition) is 1. The fraction of sp³-hybridized carbons (Fsp3) is 0.714. The molecule has 0 aliphatic carbocycles. The van der Waals surface area contributed by atoms with Gasteiger partial charge in [0.25, 0.3) is 0 Å². The minimum Gasteiger partial charge on any atom is -0.375 e. The van der Waals surface area contributed by atoms with Crippen LogP contribution in [0, 0.1) is 6.92 Å². The number of hydrogen-bond acceptors (Lipinski definition) is 5. The monoisotopic (exact) mass is 264 g/mol. The zero-order chi connectivity index (χ0) is 13.8. The zero-order valence-electron chi connectivity index (χ0n) is 12.3. The van der Waals surface area contributed by atoms with Crippen LogP contribution < -0.4 is 10.2 Å². The predicted molar refractivity (Wildman–Crippen MR) is 76.4 cm³/mol. The molecule has 2 heterocycles. The van der Waals surface area contributed by atoms with Gasteiger partial charge in [0.15, 0.2) is 0 Å². The van der Waals surface area contributed by atoms with Crippen molar-refractivity contribution in [1.29, 1.82) is 0 Å². The standard InChI is InChI=1S/C14H24N4O/c1-10(2)15-7-13-8-16-14(17-12(13)4)18-5-6-19-11(3)9-18/h8,10-11,15H,5-7,9H2,1-4H3. The molecule has 1 N–H and O–H groups in total. The number of aromatic nitrogens is 2. The van der Waals surface area contributed by atoms with Crippen molar-refractivity contribution >= 4 is 5.95 Å². The van der Waals surface area contributed by atoms with E-state index in [0.29, 0.717) is 6.04 Å². The summed E-state index contributed by atoms with van der Waals surface area (Å²) < 4.78 is 5.54. The minimum atomic E-state index is 0.250. The highest BCUT2D eigenvalue weighted by Crippen LogP contribution is 2.14. The van der Waals surface area contributed by atoms with E-state index in [2.05, 4.69) is 41.0 Å². The summed E-state index contributed by atoms with van der Waals surface area (Å²) in [5.74, 6) is 0.820. The lowest BCUT2D eigenvalue weighted by Crippen LogP contribution is -2.42. The van der Waals surface area contributed by atoms with E-state index in [1.807, 2.05) is 13.1 Å². The molecule has 0 radical (unpaired) electrons. The van der Waals surface area contributed by atoms with Crippen LogP contribution in [0.4, 0.5) is 5.95 Å². The summed E-state index contributed by atoms with van der Waals surface area (Å²) in [6.07, 6.45) is 2.19. The van der Waals surface area contributed by atoms with Crippen LogP contribution in [0.25, 0.3) is 0 Å². The molecule has 0 bridgehead atoms. The Hall–Kier alpha value is -1.20. The van der Waals surface area contributed by atoms with Gasteiger partial charge in [0.1, 0.15) is 0 Å². The van der Waals surface area contributed by atoms with Crippen molar-refractivity contribution in [3.05, 3.63) is 17.5 Å². The quantitative estimate of drug-likeness (QED) is 0.893. The fourth-order valence-electron chi connectivity index (χ4n) is 2.12. The number of ether oxygens (including phenoxy) is 1. The fourth-order valence-corrected chi connectivity index (χ4v) is 2.12. The van der Waals surface area contributed by atoms with Crippen molar-refractivity contribution in [2.75, 3.05) is 24.6 Å². The van der Waals surface area contributed by atoms with Gasteiger partial charge in [0, 0.05) is 43.1 Å². The van der Waals surface area contributed by atoms with Gasteiger partial charge in [-0.3, -0.25) is 0 Å². The highest BCUT2D eigenvalue weighted by molar-refractivity contribution is 5.33. The molecule has 1 aliphatic heterocycles. The third kappa shape index (κ3) is 3.88. The van der Waals surface area contributed by atoms with Crippen LogP contribution in [0.5, 0.6) is 0 Å². The van der Waals surface area contributed by atoms with Crippen molar-refractivity contribution in [3.8, 4) is 0 Å². The van der Waals surface area contributed by atoms with E-state index in [4.69, 9.17) is 4.74 Å². The first-order valence-corrected chi connectivity index (χ1v) is 6.98. The molecule has 19 heavy (non-hydrogen) atoms. The van der Waals surface area contributed by atoms with E-state index in [1.165, 1.54) is 5.56 Å². The van der Waals surface area contributed by atoms with E-state index < -0.39 is 0 Å². The van der Waals surface area contributed by atoms with Gasteiger partial charge < -0.3 is 15.0 Å². The van der Waals surface area contributed by atoms with E-state index in [0.717, 1.165) is 37.9 Å². The van der Waals surface area contributed by atoms with E-state index in [9.17, 15) is 0 Å². The Morgan fingerprint density at radius 1 is 1.53 bits per heavy atom. The lowest BCUT2D eigenvalue weighted by atomic mass is 10.2. The predicted octanol–water partition coefficient (Wildman–Crippen LogP) is 1.51. The van der Waals surface area contributed by atoms with Gasteiger partial charge in [0.05, 0.1) is 12.7 Å². The lowest BCUT2D eigenvalue weighted by molar-refractivity contribution is 0.0526. The lowest BCUT2D eigenvalue weighted by Gasteiger charge is -2.31. The van der Waals surface area contributed by atoms with Crippen molar-refractivity contribution in [2.24, 2.45) is 0 Å². The summed E-state index contributed by atoms with van der Waals surface area (Å²) in [6, 6.07) is 0.471. The summed E-state index contributed by atoms with van der Waals surface area (Å²) in [7, 11) is 0. The molecule has 5 nitrogen and oxygen atoms in total. The summed E-state index contributed by atoms with van der Waals surface area (Å²) in [5.41, 5.74) is 2.22. The van der Waals surface area contributed by atoms with Crippen molar-refractivity contribution in [1.82, 2.24) is 15.3 Å². The van der Waals surface area contributed by atoms with Gasteiger partial charge in [-0.05, 0) is 13.8 Å². The second-order valence-corrected chi connectivity index (χ2v) is 5.44. The van der Waals surface area contributed by atoms with Gasteiger partial charge in [-0.25, -0.2) is 9.97 Å². The highest BCUT2D eigenvalue weighted by Gasteiger charge is 2.19. The number of rotatable bonds is 4. The third-order valence-corrected chi connectivity index (χ3v) is 3.29. The minimum absolute atomic E-state index is 0.250. The highest BCUT2D eigenvalue weighted by atomic mass is 16.5. The zero-order valence-corrected chi connectivity index (χ0v) is 12.3. The molecule has 2 rings (SSSR count). The van der Waals surface area contributed by atoms with Crippen molar-refractivity contribution in [2.45, 2.75) is 46.4 Å². The van der Waals surface area contributed by atoms with Gasteiger partial charge >= 0.3 is 0 Å². The normalized spacial score (nSPS) is 20.1. The van der Waals surface area contributed by atoms with Crippen LogP contribution in [0.15, 0.2) is 6.20 Å². The molecule has 1 saturated heterocycles.